The summed E-state index contributed by atoms with van der Waals surface area (Å²) in [6, 6.07) is 16.2. The summed E-state index contributed by atoms with van der Waals surface area (Å²) in [5.74, 6) is 0.736. The molecule has 0 spiro atoms. The lowest BCUT2D eigenvalue weighted by atomic mass is 10.0. The molecule has 6 nitrogen and oxygen atoms in total. The molecule has 26 heavy (non-hydrogen) atoms. The molecule has 2 aromatic rings. The van der Waals surface area contributed by atoms with Crippen LogP contribution in [0, 0.1) is 0 Å². The highest BCUT2D eigenvalue weighted by atomic mass is 16.6. The van der Waals surface area contributed by atoms with Crippen LogP contribution in [-0.2, 0) is 17.8 Å². The lowest BCUT2D eigenvalue weighted by Crippen LogP contribution is -2.41. The Morgan fingerprint density at radius 2 is 1.77 bits per heavy atom. The summed E-state index contributed by atoms with van der Waals surface area (Å²) in [4.78, 5) is 13.9. The first-order chi connectivity index (χ1) is 12.6. The molecule has 1 aliphatic heterocycles. The van der Waals surface area contributed by atoms with E-state index in [9.17, 15) is 15.0 Å². The second-order valence-electron chi connectivity index (χ2n) is 6.37. The molecule has 3 atom stereocenters. The Morgan fingerprint density at radius 3 is 2.42 bits per heavy atom. The number of benzene rings is 2. The van der Waals surface area contributed by atoms with E-state index in [4.69, 9.17) is 9.47 Å². The fourth-order valence-electron chi connectivity index (χ4n) is 3.13. The SMILES string of the molecule is COc1ccc(C[C@H]2[C@@H](O)[C@H](O)CN2C(=O)OCc2ccccc2)cc1. The third-order valence-electron chi connectivity index (χ3n) is 4.62. The van der Waals surface area contributed by atoms with Crippen molar-refractivity contribution in [2.75, 3.05) is 13.7 Å². The van der Waals surface area contributed by atoms with Crippen LogP contribution in [-0.4, -0.2) is 53.1 Å². The summed E-state index contributed by atoms with van der Waals surface area (Å²) >= 11 is 0. The van der Waals surface area contributed by atoms with Crippen molar-refractivity contribution < 1.29 is 24.5 Å². The van der Waals surface area contributed by atoms with Gasteiger partial charge in [0.05, 0.1) is 25.8 Å². The largest absolute Gasteiger partial charge is 0.497 e. The van der Waals surface area contributed by atoms with Crippen molar-refractivity contribution in [2.45, 2.75) is 31.3 Å². The summed E-state index contributed by atoms with van der Waals surface area (Å²) in [5, 5.41) is 20.3. The number of hydrogen-bond acceptors (Lipinski definition) is 5. The molecular weight excluding hydrogens is 334 g/mol. The Hall–Kier alpha value is -2.57. The number of aliphatic hydroxyl groups is 2. The molecule has 0 aliphatic carbocycles. The van der Waals surface area contributed by atoms with E-state index >= 15 is 0 Å². The van der Waals surface area contributed by atoms with Gasteiger partial charge in [-0.2, -0.15) is 0 Å². The fraction of sp³-hybridized carbons (Fsp3) is 0.350. The Bertz CT molecular complexity index is 719. The minimum Gasteiger partial charge on any atom is -0.497 e. The van der Waals surface area contributed by atoms with Gasteiger partial charge in [-0.3, -0.25) is 4.90 Å². The summed E-state index contributed by atoms with van der Waals surface area (Å²) in [6.45, 7) is 0.202. The molecule has 0 saturated carbocycles. The lowest BCUT2D eigenvalue weighted by molar-refractivity contribution is 0.0361. The molecule has 2 aromatic carbocycles. The van der Waals surface area contributed by atoms with Gasteiger partial charge in [0.1, 0.15) is 18.5 Å². The predicted molar refractivity (Wildman–Crippen MR) is 95.8 cm³/mol. The molecule has 0 unspecified atom stereocenters. The van der Waals surface area contributed by atoms with Crippen LogP contribution in [0.5, 0.6) is 5.75 Å². The number of amides is 1. The van der Waals surface area contributed by atoms with Crippen molar-refractivity contribution in [3.05, 3.63) is 65.7 Å². The average molecular weight is 357 g/mol. The zero-order valence-electron chi connectivity index (χ0n) is 14.6. The maximum atomic E-state index is 12.5. The number of β-amino-alcohol motifs (C(OH)–C–C–N with tert-alkyl or cyclic N) is 1. The van der Waals surface area contributed by atoms with E-state index in [1.165, 1.54) is 4.90 Å². The number of hydrogen-bond donors (Lipinski definition) is 2. The topological polar surface area (TPSA) is 79.2 Å². The molecule has 1 saturated heterocycles. The van der Waals surface area contributed by atoms with Crippen LogP contribution in [0.15, 0.2) is 54.6 Å². The number of ether oxygens (including phenoxy) is 2. The third-order valence-corrected chi connectivity index (χ3v) is 4.62. The summed E-state index contributed by atoms with van der Waals surface area (Å²) in [6.07, 6.45) is -2.12. The van der Waals surface area contributed by atoms with Crippen LogP contribution in [0.4, 0.5) is 4.79 Å². The van der Waals surface area contributed by atoms with Gasteiger partial charge in [0.15, 0.2) is 0 Å². The molecule has 1 fully saturated rings. The van der Waals surface area contributed by atoms with E-state index in [-0.39, 0.29) is 13.2 Å². The molecule has 3 rings (SSSR count). The minimum atomic E-state index is -1.01. The Morgan fingerprint density at radius 1 is 1.08 bits per heavy atom. The number of rotatable bonds is 5. The first-order valence-corrected chi connectivity index (χ1v) is 8.55. The van der Waals surface area contributed by atoms with Gasteiger partial charge in [0, 0.05) is 0 Å². The molecule has 0 aromatic heterocycles. The van der Waals surface area contributed by atoms with Crippen molar-refractivity contribution >= 4 is 6.09 Å². The van der Waals surface area contributed by atoms with Crippen LogP contribution < -0.4 is 4.74 Å². The number of carbonyl (C=O) groups excluding carboxylic acids is 1. The second-order valence-corrected chi connectivity index (χ2v) is 6.37. The van der Waals surface area contributed by atoms with Crippen LogP contribution in [0.25, 0.3) is 0 Å². The van der Waals surface area contributed by atoms with Gasteiger partial charge in [0.25, 0.3) is 0 Å². The van der Waals surface area contributed by atoms with Gasteiger partial charge in [-0.05, 0) is 29.7 Å². The van der Waals surface area contributed by atoms with E-state index < -0.39 is 24.3 Å². The van der Waals surface area contributed by atoms with Gasteiger partial charge in [0.2, 0.25) is 0 Å². The Balaban J connectivity index is 1.66. The number of nitrogens with zero attached hydrogens (tertiary/aromatic N) is 1. The quantitative estimate of drug-likeness (QED) is 0.855. The van der Waals surface area contributed by atoms with Crippen LogP contribution in [0.1, 0.15) is 11.1 Å². The van der Waals surface area contributed by atoms with Gasteiger partial charge in [-0.25, -0.2) is 4.79 Å². The maximum absolute atomic E-state index is 12.5. The molecular formula is C20H23NO5. The van der Waals surface area contributed by atoms with Gasteiger partial charge in [-0.1, -0.05) is 42.5 Å². The fourth-order valence-corrected chi connectivity index (χ4v) is 3.13. The predicted octanol–water partition coefficient (Wildman–Crippen LogP) is 1.98. The Labute approximate surface area is 152 Å². The number of aliphatic hydroxyl groups excluding tert-OH is 2. The highest BCUT2D eigenvalue weighted by molar-refractivity contribution is 5.69. The maximum Gasteiger partial charge on any atom is 0.410 e. The van der Waals surface area contributed by atoms with Crippen molar-refractivity contribution in [3.8, 4) is 5.75 Å². The van der Waals surface area contributed by atoms with Crippen molar-refractivity contribution in [1.29, 1.82) is 0 Å². The molecule has 138 valence electrons. The standard InChI is InChI=1S/C20H23NO5/c1-25-16-9-7-14(8-10-16)11-17-19(23)18(22)12-21(17)20(24)26-13-15-5-3-2-4-6-15/h2-10,17-19,22-23H,11-13H2,1H3/t17-,18+,19+/m0/s1. The molecule has 1 aliphatic rings. The van der Waals surface area contributed by atoms with Gasteiger partial charge in [-0.15, -0.1) is 0 Å². The monoisotopic (exact) mass is 357 g/mol. The summed E-state index contributed by atoms with van der Waals surface area (Å²) < 4.78 is 10.5. The first kappa shape index (κ1) is 18.2. The van der Waals surface area contributed by atoms with E-state index in [1.54, 1.807) is 7.11 Å². The zero-order valence-corrected chi connectivity index (χ0v) is 14.6. The Kier molecular flexibility index (Phi) is 5.75. The molecule has 0 bridgehead atoms. The average Bonchev–Trinajstić information content (AvgIpc) is 2.96. The van der Waals surface area contributed by atoms with Crippen LogP contribution in [0.3, 0.4) is 0 Å². The molecule has 1 amide bonds. The normalized spacial score (nSPS) is 22.3. The number of methoxy groups -OCH3 is 1. The highest BCUT2D eigenvalue weighted by Crippen LogP contribution is 2.24. The minimum absolute atomic E-state index is 0.0512. The van der Waals surface area contributed by atoms with E-state index in [2.05, 4.69) is 0 Å². The summed E-state index contributed by atoms with van der Waals surface area (Å²) in [5.41, 5.74) is 1.82. The van der Waals surface area contributed by atoms with Crippen LogP contribution >= 0.6 is 0 Å². The highest BCUT2D eigenvalue weighted by Gasteiger charge is 2.43. The third kappa shape index (κ3) is 4.15. The van der Waals surface area contributed by atoms with Crippen molar-refractivity contribution in [2.24, 2.45) is 0 Å². The zero-order chi connectivity index (χ0) is 18.5. The lowest BCUT2D eigenvalue weighted by Gasteiger charge is -2.25. The van der Waals surface area contributed by atoms with E-state index in [0.717, 1.165) is 16.9 Å². The molecule has 2 N–H and O–H groups in total. The number of carbonyl (C=O) groups is 1. The van der Waals surface area contributed by atoms with Crippen molar-refractivity contribution in [3.63, 3.8) is 0 Å². The molecule has 1 heterocycles. The van der Waals surface area contributed by atoms with Gasteiger partial charge < -0.3 is 19.7 Å². The molecule has 6 heteroatoms. The molecule has 0 radical (unpaired) electrons. The second kappa shape index (κ2) is 8.21. The number of likely N-dealkylation sites (tertiary alicyclic amines) is 1. The van der Waals surface area contributed by atoms with E-state index in [1.807, 2.05) is 54.6 Å². The smallest absolute Gasteiger partial charge is 0.410 e. The summed E-state index contributed by atoms with van der Waals surface area (Å²) in [7, 11) is 1.59. The van der Waals surface area contributed by atoms with Crippen molar-refractivity contribution in [1.82, 2.24) is 4.90 Å². The van der Waals surface area contributed by atoms with Crippen LogP contribution in [0.2, 0.25) is 0 Å². The van der Waals surface area contributed by atoms with E-state index in [0.29, 0.717) is 6.42 Å². The first-order valence-electron chi connectivity index (χ1n) is 8.55. The van der Waals surface area contributed by atoms with Gasteiger partial charge >= 0.3 is 6.09 Å².